The molecule has 8 nitrogen and oxygen atoms in total. The summed E-state index contributed by atoms with van der Waals surface area (Å²) in [5, 5.41) is 24.4. The van der Waals surface area contributed by atoms with Crippen LogP contribution >= 0.6 is 0 Å². The SMILES string of the molecule is Cc1ccc(N=Cc2c(Oc3ccc([N+](=O)[O-])cc3[N+](=O)[O-])ccc3ccccc23)c(C)c1. The number of ether oxygens (including phenoxy) is 1. The predicted octanol–water partition coefficient (Wildman–Crippen LogP) is 6.82. The first-order valence-corrected chi connectivity index (χ1v) is 10.1. The number of nitrogens with zero attached hydrogens (tertiary/aromatic N) is 3. The number of fused-ring (bicyclic) bond motifs is 1. The molecule has 164 valence electrons. The zero-order chi connectivity index (χ0) is 23.5. The van der Waals surface area contributed by atoms with Gasteiger partial charge < -0.3 is 4.74 Å². The number of nitro groups is 2. The second kappa shape index (κ2) is 8.88. The molecule has 0 amide bonds. The number of aliphatic imine (C=N–C) groups is 1. The van der Waals surface area contributed by atoms with E-state index in [9.17, 15) is 20.2 Å². The van der Waals surface area contributed by atoms with E-state index in [4.69, 9.17) is 4.74 Å². The quantitative estimate of drug-likeness (QED) is 0.185. The lowest BCUT2D eigenvalue weighted by molar-refractivity contribution is -0.394. The van der Waals surface area contributed by atoms with Crippen LogP contribution in [0.1, 0.15) is 16.7 Å². The van der Waals surface area contributed by atoms with Crippen molar-refractivity contribution >= 4 is 34.0 Å². The van der Waals surface area contributed by atoms with Gasteiger partial charge in [0.25, 0.3) is 5.69 Å². The summed E-state index contributed by atoms with van der Waals surface area (Å²) in [6.45, 7) is 3.98. The smallest absolute Gasteiger partial charge is 0.318 e. The fourth-order valence-electron chi connectivity index (χ4n) is 3.55. The number of aryl methyl sites for hydroxylation is 2. The van der Waals surface area contributed by atoms with Gasteiger partial charge in [-0.25, -0.2) is 0 Å². The van der Waals surface area contributed by atoms with Crippen molar-refractivity contribution in [1.82, 2.24) is 0 Å². The van der Waals surface area contributed by atoms with E-state index in [-0.39, 0.29) is 11.4 Å². The summed E-state index contributed by atoms with van der Waals surface area (Å²) >= 11 is 0. The van der Waals surface area contributed by atoms with Crippen LogP contribution in [0.3, 0.4) is 0 Å². The molecule has 0 atom stereocenters. The molecule has 8 heteroatoms. The van der Waals surface area contributed by atoms with E-state index in [2.05, 4.69) is 4.99 Å². The van der Waals surface area contributed by atoms with Crippen LogP contribution in [0.2, 0.25) is 0 Å². The Kier molecular flexibility index (Phi) is 5.82. The van der Waals surface area contributed by atoms with Gasteiger partial charge in [-0.15, -0.1) is 0 Å². The van der Waals surface area contributed by atoms with Gasteiger partial charge >= 0.3 is 5.69 Å². The van der Waals surface area contributed by atoms with Gasteiger partial charge in [0.05, 0.1) is 21.6 Å². The summed E-state index contributed by atoms with van der Waals surface area (Å²) in [6.07, 6.45) is 1.67. The van der Waals surface area contributed by atoms with Gasteiger partial charge in [0.2, 0.25) is 5.75 Å². The van der Waals surface area contributed by atoms with Crippen LogP contribution in [-0.4, -0.2) is 16.1 Å². The Labute approximate surface area is 189 Å². The number of nitro benzene ring substituents is 2. The van der Waals surface area contributed by atoms with E-state index >= 15 is 0 Å². The number of rotatable bonds is 6. The molecular weight excluding hydrogens is 422 g/mol. The molecule has 0 unspecified atom stereocenters. The number of non-ortho nitro benzene ring substituents is 1. The van der Waals surface area contributed by atoms with Crippen molar-refractivity contribution in [3.63, 3.8) is 0 Å². The topological polar surface area (TPSA) is 108 Å². The fourth-order valence-corrected chi connectivity index (χ4v) is 3.55. The van der Waals surface area contributed by atoms with Crippen molar-refractivity contribution in [2.45, 2.75) is 13.8 Å². The average molecular weight is 441 g/mol. The van der Waals surface area contributed by atoms with Crippen LogP contribution in [0.15, 0.2) is 77.8 Å². The largest absolute Gasteiger partial charge is 0.449 e. The van der Waals surface area contributed by atoms with Crippen molar-refractivity contribution in [1.29, 1.82) is 0 Å². The Morgan fingerprint density at radius 1 is 0.848 bits per heavy atom. The molecule has 0 aliphatic carbocycles. The molecule has 0 fully saturated rings. The summed E-state index contributed by atoms with van der Waals surface area (Å²) < 4.78 is 5.93. The maximum absolute atomic E-state index is 11.5. The van der Waals surface area contributed by atoms with Crippen molar-refractivity contribution in [2.24, 2.45) is 4.99 Å². The molecule has 0 radical (unpaired) electrons. The van der Waals surface area contributed by atoms with Crippen molar-refractivity contribution in [2.75, 3.05) is 0 Å². The Hall–Kier alpha value is -4.59. The lowest BCUT2D eigenvalue weighted by atomic mass is 10.0. The third-order valence-corrected chi connectivity index (χ3v) is 5.19. The van der Waals surface area contributed by atoms with Gasteiger partial charge in [-0.1, -0.05) is 48.0 Å². The summed E-state index contributed by atoms with van der Waals surface area (Å²) in [5.74, 6) is 0.251. The van der Waals surface area contributed by atoms with E-state index < -0.39 is 15.5 Å². The highest BCUT2D eigenvalue weighted by molar-refractivity contribution is 6.03. The molecule has 0 aliphatic rings. The van der Waals surface area contributed by atoms with Crippen LogP contribution in [-0.2, 0) is 0 Å². The molecule has 0 aliphatic heterocycles. The standard InChI is InChI=1S/C25H19N3O5/c1-16-7-10-22(17(2)13-16)26-15-21-20-6-4-3-5-18(20)8-11-24(21)33-25-12-9-19(27(29)30)14-23(25)28(31)32/h3-15H,1-2H3. The third-order valence-electron chi connectivity index (χ3n) is 5.19. The highest BCUT2D eigenvalue weighted by Gasteiger charge is 2.22. The molecule has 0 heterocycles. The minimum absolute atomic E-state index is 0.0953. The summed E-state index contributed by atoms with van der Waals surface area (Å²) in [6, 6.07) is 20.4. The summed E-state index contributed by atoms with van der Waals surface area (Å²) in [4.78, 5) is 25.8. The van der Waals surface area contributed by atoms with Crippen molar-refractivity contribution < 1.29 is 14.6 Å². The second-order valence-corrected chi connectivity index (χ2v) is 7.51. The zero-order valence-electron chi connectivity index (χ0n) is 17.9. The van der Waals surface area contributed by atoms with Gasteiger partial charge in [-0.3, -0.25) is 25.2 Å². The molecule has 0 aromatic heterocycles. The lowest BCUT2D eigenvalue weighted by Gasteiger charge is -2.12. The normalized spacial score (nSPS) is 11.1. The predicted molar refractivity (Wildman–Crippen MR) is 127 cm³/mol. The molecule has 0 saturated carbocycles. The first-order chi connectivity index (χ1) is 15.8. The zero-order valence-corrected chi connectivity index (χ0v) is 17.9. The first-order valence-electron chi connectivity index (χ1n) is 10.1. The van der Waals surface area contributed by atoms with E-state index in [1.54, 1.807) is 12.3 Å². The second-order valence-electron chi connectivity index (χ2n) is 7.51. The van der Waals surface area contributed by atoms with E-state index in [1.165, 1.54) is 12.1 Å². The molecular formula is C25H19N3O5. The van der Waals surface area contributed by atoms with Crippen LogP contribution in [0.25, 0.3) is 10.8 Å². The third kappa shape index (κ3) is 4.54. The summed E-state index contributed by atoms with van der Waals surface area (Å²) in [7, 11) is 0. The van der Waals surface area contributed by atoms with Crippen LogP contribution in [0.5, 0.6) is 11.5 Å². The number of hydrogen-bond donors (Lipinski definition) is 0. The number of benzene rings is 4. The van der Waals surface area contributed by atoms with Crippen molar-refractivity contribution in [3.05, 3.63) is 110 Å². The molecule has 0 N–H and O–H groups in total. The molecule has 4 aromatic carbocycles. The highest BCUT2D eigenvalue weighted by Crippen LogP contribution is 2.37. The van der Waals surface area contributed by atoms with Crippen LogP contribution in [0.4, 0.5) is 17.1 Å². The molecule has 33 heavy (non-hydrogen) atoms. The van der Waals surface area contributed by atoms with E-state index in [0.29, 0.717) is 11.3 Å². The van der Waals surface area contributed by atoms with Crippen LogP contribution in [0, 0.1) is 34.1 Å². The van der Waals surface area contributed by atoms with E-state index in [1.807, 2.05) is 62.4 Å². The van der Waals surface area contributed by atoms with Gasteiger partial charge in [-0.2, -0.15) is 0 Å². The molecule has 0 spiro atoms. The van der Waals surface area contributed by atoms with E-state index in [0.717, 1.165) is 33.7 Å². The van der Waals surface area contributed by atoms with Gasteiger partial charge in [0.1, 0.15) is 5.75 Å². The molecule has 0 bridgehead atoms. The first kappa shape index (κ1) is 21.6. The number of hydrogen-bond acceptors (Lipinski definition) is 6. The Morgan fingerprint density at radius 3 is 2.33 bits per heavy atom. The highest BCUT2D eigenvalue weighted by atomic mass is 16.6. The monoisotopic (exact) mass is 441 g/mol. The maximum Gasteiger partial charge on any atom is 0.318 e. The van der Waals surface area contributed by atoms with Gasteiger partial charge in [0, 0.05) is 17.8 Å². The van der Waals surface area contributed by atoms with Crippen LogP contribution < -0.4 is 4.74 Å². The Bertz CT molecular complexity index is 1430. The Morgan fingerprint density at radius 2 is 1.61 bits per heavy atom. The fraction of sp³-hybridized carbons (Fsp3) is 0.0800. The summed E-state index contributed by atoms with van der Waals surface area (Å²) in [5.41, 5.74) is 2.70. The minimum Gasteiger partial charge on any atom is -0.449 e. The molecule has 0 saturated heterocycles. The molecule has 4 rings (SSSR count). The molecule has 4 aromatic rings. The van der Waals surface area contributed by atoms with Crippen molar-refractivity contribution in [3.8, 4) is 11.5 Å². The minimum atomic E-state index is -0.702. The van der Waals surface area contributed by atoms with Gasteiger partial charge in [-0.05, 0) is 48.4 Å². The lowest BCUT2D eigenvalue weighted by Crippen LogP contribution is -1.98. The maximum atomic E-state index is 11.5. The Balaban J connectivity index is 1.83. The van der Waals surface area contributed by atoms with Gasteiger partial charge in [0.15, 0.2) is 0 Å². The average Bonchev–Trinajstić information content (AvgIpc) is 2.79.